The topological polar surface area (TPSA) is 68.4 Å². The van der Waals surface area contributed by atoms with Crippen LogP contribution in [-0.4, -0.2) is 10.8 Å². The van der Waals surface area contributed by atoms with Gasteiger partial charge in [-0.2, -0.15) is 10.4 Å². The molecule has 20 heavy (non-hydrogen) atoms. The summed E-state index contributed by atoms with van der Waals surface area (Å²) in [7, 11) is 0. The van der Waals surface area contributed by atoms with Gasteiger partial charge in [0.15, 0.2) is 0 Å². The molecule has 0 saturated heterocycles. The summed E-state index contributed by atoms with van der Waals surface area (Å²) in [6.45, 7) is 0. The Morgan fingerprint density at radius 3 is 2.85 bits per heavy atom. The zero-order chi connectivity index (χ0) is 13.9. The molecule has 1 aliphatic rings. The molecule has 3 rings (SSSR count). The van der Waals surface area contributed by atoms with Crippen LogP contribution in [0.1, 0.15) is 23.1 Å². The Balaban J connectivity index is 1.85. The zero-order valence-corrected chi connectivity index (χ0v) is 10.8. The highest BCUT2D eigenvalue weighted by Crippen LogP contribution is 2.30. The van der Waals surface area contributed by atoms with Crippen molar-refractivity contribution in [2.45, 2.75) is 12.8 Å². The molecule has 0 heterocycles. The lowest BCUT2D eigenvalue weighted by molar-refractivity contribution is 0.469. The molecular formula is C16H13N3O. The second kappa shape index (κ2) is 5.06. The summed E-state index contributed by atoms with van der Waals surface area (Å²) in [5, 5.41) is 23.0. The van der Waals surface area contributed by atoms with Crippen molar-refractivity contribution >= 4 is 11.4 Å². The molecule has 0 bridgehead atoms. The first-order chi connectivity index (χ1) is 9.78. The number of anilines is 1. The minimum absolute atomic E-state index is 0.333. The molecule has 0 aromatic heterocycles. The molecule has 0 aliphatic heterocycles. The van der Waals surface area contributed by atoms with Crippen LogP contribution in [0, 0.1) is 11.3 Å². The molecule has 0 saturated carbocycles. The summed E-state index contributed by atoms with van der Waals surface area (Å²) in [5.41, 5.74) is 7.24. The van der Waals surface area contributed by atoms with Crippen molar-refractivity contribution in [2.24, 2.45) is 5.10 Å². The number of nitrogens with zero attached hydrogens (tertiary/aromatic N) is 2. The lowest BCUT2D eigenvalue weighted by atomic mass is 10.1. The quantitative estimate of drug-likeness (QED) is 0.818. The number of benzene rings is 2. The highest BCUT2D eigenvalue weighted by atomic mass is 16.3. The molecule has 2 aromatic carbocycles. The average Bonchev–Trinajstić information content (AvgIpc) is 2.90. The van der Waals surface area contributed by atoms with Crippen molar-refractivity contribution in [2.75, 3.05) is 5.43 Å². The first kappa shape index (κ1) is 12.2. The van der Waals surface area contributed by atoms with Gasteiger partial charge in [0, 0.05) is 11.1 Å². The summed E-state index contributed by atoms with van der Waals surface area (Å²) < 4.78 is 0. The first-order valence-electron chi connectivity index (χ1n) is 6.42. The Hall–Kier alpha value is -2.80. The first-order valence-corrected chi connectivity index (χ1v) is 6.42. The standard InChI is InChI=1S/C16H13N3O/c17-10-11-3-1-4-12(9-11)18-19-15-8-7-14-13(15)5-2-6-16(14)20/h1-6,9,18,20H,7-8H2/b19-15-. The predicted octanol–water partition coefficient (Wildman–Crippen LogP) is 3.03. The second-order valence-corrected chi connectivity index (χ2v) is 4.67. The fourth-order valence-corrected chi connectivity index (χ4v) is 2.39. The third-order valence-electron chi connectivity index (χ3n) is 3.39. The van der Waals surface area contributed by atoms with Crippen LogP contribution in [0.15, 0.2) is 47.6 Å². The van der Waals surface area contributed by atoms with Crippen LogP contribution >= 0.6 is 0 Å². The molecule has 2 N–H and O–H groups in total. The minimum Gasteiger partial charge on any atom is -0.508 e. The lowest BCUT2D eigenvalue weighted by Gasteiger charge is -2.04. The highest BCUT2D eigenvalue weighted by Gasteiger charge is 2.20. The second-order valence-electron chi connectivity index (χ2n) is 4.67. The molecule has 0 radical (unpaired) electrons. The third-order valence-corrected chi connectivity index (χ3v) is 3.39. The van der Waals surface area contributed by atoms with Crippen molar-refractivity contribution < 1.29 is 5.11 Å². The Morgan fingerprint density at radius 2 is 2.00 bits per heavy atom. The van der Waals surface area contributed by atoms with Gasteiger partial charge in [-0.25, -0.2) is 0 Å². The van der Waals surface area contributed by atoms with Gasteiger partial charge in [0.2, 0.25) is 0 Å². The number of nitriles is 1. The number of rotatable bonds is 2. The van der Waals surface area contributed by atoms with Gasteiger partial charge in [-0.3, -0.25) is 5.43 Å². The summed E-state index contributed by atoms with van der Waals surface area (Å²) >= 11 is 0. The Kier molecular flexibility index (Phi) is 3.10. The fraction of sp³-hybridized carbons (Fsp3) is 0.125. The third kappa shape index (κ3) is 2.21. The van der Waals surface area contributed by atoms with Crippen LogP contribution in [0.3, 0.4) is 0 Å². The Bertz CT molecular complexity index is 729. The number of fused-ring (bicyclic) bond motifs is 1. The Morgan fingerprint density at radius 1 is 1.15 bits per heavy atom. The van der Waals surface area contributed by atoms with E-state index in [1.165, 1.54) is 0 Å². The molecule has 0 atom stereocenters. The summed E-state index contributed by atoms with van der Waals surface area (Å²) in [6.07, 6.45) is 1.61. The van der Waals surface area contributed by atoms with Gasteiger partial charge in [-0.05, 0) is 37.1 Å². The number of aromatic hydroxyl groups is 1. The molecule has 4 nitrogen and oxygen atoms in total. The number of phenols is 1. The molecule has 0 spiro atoms. The fourth-order valence-electron chi connectivity index (χ4n) is 2.39. The summed E-state index contributed by atoms with van der Waals surface area (Å²) in [5.74, 6) is 0.333. The van der Waals surface area contributed by atoms with Crippen molar-refractivity contribution in [1.82, 2.24) is 0 Å². The maximum absolute atomic E-state index is 9.79. The smallest absolute Gasteiger partial charge is 0.119 e. The number of nitrogens with one attached hydrogen (secondary N) is 1. The van der Waals surface area contributed by atoms with Gasteiger partial charge in [0.1, 0.15) is 5.75 Å². The molecule has 1 aliphatic carbocycles. The van der Waals surface area contributed by atoms with E-state index in [0.717, 1.165) is 35.4 Å². The average molecular weight is 263 g/mol. The van der Waals surface area contributed by atoms with E-state index in [9.17, 15) is 5.11 Å². The maximum atomic E-state index is 9.79. The van der Waals surface area contributed by atoms with E-state index in [1.807, 2.05) is 24.3 Å². The summed E-state index contributed by atoms with van der Waals surface area (Å²) in [4.78, 5) is 0. The largest absolute Gasteiger partial charge is 0.508 e. The highest BCUT2D eigenvalue weighted by molar-refractivity contribution is 6.05. The molecule has 0 fully saturated rings. The molecular weight excluding hydrogens is 250 g/mol. The monoisotopic (exact) mass is 263 g/mol. The molecule has 98 valence electrons. The van der Waals surface area contributed by atoms with Gasteiger partial charge in [0.05, 0.1) is 23.0 Å². The van der Waals surface area contributed by atoms with Gasteiger partial charge < -0.3 is 5.11 Å². The Labute approximate surface area is 117 Å². The van der Waals surface area contributed by atoms with E-state index in [1.54, 1.807) is 18.2 Å². The van der Waals surface area contributed by atoms with E-state index in [-0.39, 0.29) is 0 Å². The van der Waals surface area contributed by atoms with Crippen LogP contribution in [0.25, 0.3) is 0 Å². The summed E-state index contributed by atoms with van der Waals surface area (Å²) in [6, 6.07) is 14.8. The number of hydrogen-bond donors (Lipinski definition) is 2. The van der Waals surface area contributed by atoms with Crippen LogP contribution in [0.4, 0.5) is 5.69 Å². The van der Waals surface area contributed by atoms with E-state index in [0.29, 0.717) is 11.3 Å². The van der Waals surface area contributed by atoms with Gasteiger partial charge in [-0.1, -0.05) is 18.2 Å². The minimum atomic E-state index is 0.333. The van der Waals surface area contributed by atoms with Gasteiger partial charge in [-0.15, -0.1) is 0 Å². The van der Waals surface area contributed by atoms with Crippen molar-refractivity contribution in [1.29, 1.82) is 5.26 Å². The van der Waals surface area contributed by atoms with Gasteiger partial charge >= 0.3 is 0 Å². The van der Waals surface area contributed by atoms with E-state index in [2.05, 4.69) is 16.6 Å². The van der Waals surface area contributed by atoms with Gasteiger partial charge in [0.25, 0.3) is 0 Å². The van der Waals surface area contributed by atoms with Crippen LogP contribution in [0.2, 0.25) is 0 Å². The van der Waals surface area contributed by atoms with Crippen molar-refractivity contribution in [3.05, 3.63) is 59.2 Å². The molecule has 4 heteroatoms. The van der Waals surface area contributed by atoms with Crippen molar-refractivity contribution in [3.63, 3.8) is 0 Å². The van der Waals surface area contributed by atoms with Crippen molar-refractivity contribution in [3.8, 4) is 11.8 Å². The molecule has 0 unspecified atom stereocenters. The van der Waals surface area contributed by atoms with Crippen LogP contribution in [0.5, 0.6) is 5.75 Å². The normalized spacial score (nSPS) is 14.8. The zero-order valence-electron chi connectivity index (χ0n) is 10.8. The lowest BCUT2D eigenvalue weighted by Crippen LogP contribution is -2.00. The van der Waals surface area contributed by atoms with E-state index in [4.69, 9.17) is 5.26 Å². The number of hydrogen-bond acceptors (Lipinski definition) is 4. The van der Waals surface area contributed by atoms with E-state index < -0.39 is 0 Å². The number of phenolic OH excluding ortho intramolecular Hbond substituents is 1. The van der Waals surface area contributed by atoms with Crippen LogP contribution < -0.4 is 5.43 Å². The number of hydrazone groups is 1. The van der Waals surface area contributed by atoms with Crippen LogP contribution in [-0.2, 0) is 6.42 Å². The molecule has 2 aromatic rings. The predicted molar refractivity (Wildman–Crippen MR) is 77.7 cm³/mol. The van der Waals surface area contributed by atoms with E-state index >= 15 is 0 Å². The maximum Gasteiger partial charge on any atom is 0.119 e. The SMILES string of the molecule is N#Cc1cccc(N/N=C2/CCc3c(O)cccc32)c1. The molecule has 0 amide bonds.